The number of piperazine rings is 1. The summed E-state index contributed by atoms with van der Waals surface area (Å²) in [6.07, 6.45) is 9.14. The first-order valence-corrected chi connectivity index (χ1v) is 20.7. The highest BCUT2D eigenvalue weighted by molar-refractivity contribution is 6.04. The van der Waals surface area contributed by atoms with Crippen LogP contribution in [-0.4, -0.2) is 139 Å². The molecular formula is C44H60N6O5. The van der Waals surface area contributed by atoms with Crippen molar-refractivity contribution in [3.63, 3.8) is 0 Å². The fraction of sp³-hybridized carbons (Fsp3) is 0.591. The molecule has 0 N–H and O–H groups in total. The van der Waals surface area contributed by atoms with E-state index in [1.165, 1.54) is 12.8 Å². The second-order valence-corrected chi connectivity index (χ2v) is 16.1. The van der Waals surface area contributed by atoms with Gasteiger partial charge in [0.15, 0.2) is 5.78 Å². The van der Waals surface area contributed by atoms with Crippen LogP contribution in [0, 0.1) is 18.8 Å². The monoisotopic (exact) mass is 752 g/mol. The zero-order valence-electron chi connectivity index (χ0n) is 33.2. The van der Waals surface area contributed by atoms with Gasteiger partial charge in [-0.1, -0.05) is 30.3 Å². The fourth-order valence-corrected chi connectivity index (χ4v) is 9.13. The van der Waals surface area contributed by atoms with Crippen molar-refractivity contribution < 1.29 is 23.9 Å². The largest absolute Gasteiger partial charge is 0.379 e. The summed E-state index contributed by atoms with van der Waals surface area (Å²) >= 11 is 0. The molecule has 0 spiro atoms. The number of nitrogens with zero attached hydrogens (tertiary/aromatic N) is 6. The lowest BCUT2D eigenvalue weighted by Crippen LogP contribution is -2.55. The summed E-state index contributed by atoms with van der Waals surface area (Å²) in [5.74, 6) is 0.0191. The van der Waals surface area contributed by atoms with E-state index in [4.69, 9.17) is 14.6 Å². The van der Waals surface area contributed by atoms with Crippen LogP contribution in [0.15, 0.2) is 48.2 Å². The van der Waals surface area contributed by atoms with Crippen LogP contribution in [0.3, 0.4) is 0 Å². The molecule has 55 heavy (non-hydrogen) atoms. The molecule has 3 aromatic rings. The molecule has 2 amide bonds. The maximum Gasteiger partial charge on any atom is 0.226 e. The molecule has 2 aromatic carbocycles. The highest BCUT2D eigenvalue weighted by Gasteiger charge is 2.35. The van der Waals surface area contributed by atoms with Crippen LogP contribution in [0.1, 0.15) is 61.3 Å². The van der Waals surface area contributed by atoms with Crippen LogP contribution in [0.25, 0.3) is 17.0 Å². The number of piperidine rings is 2. The lowest BCUT2D eigenvalue weighted by molar-refractivity contribution is -0.143. The Labute approximate surface area is 326 Å². The maximum absolute atomic E-state index is 14.5. The molecule has 4 aliphatic rings. The lowest BCUT2D eigenvalue weighted by atomic mass is 9.80. The number of allylic oxidation sites excluding steroid dienone is 1. The van der Waals surface area contributed by atoms with Crippen molar-refractivity contribution in [2.75, 3.05) is 85.8 Å². The van der Waals surface area contributed by atoms with Gasteiger partial charge in [-0.05, 0) is 112 Å². The first-order valence-electron chi connectivity index (χ1n) is 20.7. The van der Waals surface area contributed by atoms with Crippen LogP contribution < -0.4 is 0 Å². The number of ether oxygens (including phenoxy) is 2. The molecule has 3 saturated heterocycles. The standard InChI is InChI=1S/C44H60N6O5/c1-4-54-23-24-55-22-21-50-31-38-27-33(25-32(2)43(38)45-50)26-37(44(53)49-19-17-47(18-20-49)39-11-13-46(3)14-12-39)30-42(52)48-15-9-34(10-16-48)40-28-35-7-5-6-8-36(35)29-41(40)51/h5-8,25,27-28,31,34,37,39H,4,9-24,26,29-30H2,1-3H3/t37-/m0/s1. The van der Waals surface area contributed by atoms with Crippen molar-refractivity contribution in [1.29, 1.82) is 0 Å². The normalized spacial score (nSPS) is 19.8. The van der Waals surface area contributed by atoms with E-state index in [1.54, 1.807) is 0 Å². The highest BCUT2D eigenvalue weighted by atomic mass is 16.5. The molecule has 296 valence electrons. The van der Waals surface area contributed by atoms with Crippen molar-refractivity contribution in [2.24, 2.45) is 11.8 Å². The number of fused-ring (bicyclic) bond motifs is 2. The molecule has 1 atom stereocenters. The van der Waals surface area contributed by atoms with Crippen LogP contribution >= 0.6 is 0 Å². The van der Waals surface area contributed by atoms with Crippen LogP contribution in [0.4, 0.5) is 0 Å². The van der Waals surface area contributed by atoms with E-state index in [2.05, 4.69) is 54.2 Å². The van der Waals surface area contributed by atoms with Gasteiger partial charge in [0.25, 0.3) is 0 Å². The predicted octanol–water partition coefficient (Wildman–Crippen LogP) is 4.63. The summed E-state index contributed by atoms with van der Waals surface area (Å²) in [7, 11) is 2.19. The van der Waals surface area contributed by atoms with Gasteiger partial charge in [0.05, 0.1) is 37.8 Å². The number of ketones is 1. The number of hydrogen-bond donors (Lipinski definition) is 0. The summed E-state index contributed by atoms with van der Waals surface area (Å²) in [4.78, 5) is 50.6. The molecule has 3 aliphatic heterocycles. The van der Waals surface area contributed by atoms with Gasteiger partial charge in [-0.15, -0.1) is 0 Å². The minimum Gasteiger partial charge on any atom is -0.379 e. The van der Waals surface area contributed by atoms with Gasteiger partial charge in [-0.3, -0.25) is 24.0 Å². The van der Waals surface area contributed by atoms with Crippen molar-refractivity contribution in [3.05, 3.63) is 70.4 Å². The quantitative estimate of drug-likeness (QED) is 0.220. The number of hydrogen-bond acceptors (Lipinski definition) is 8. The Balaban J connectivity index is 1.02. The zero-order chi connectivity index (χ0) is 38.3. The second kappa shape index (κ2) is 18.4. The van der Waals surface area contributed by atoms with Crippen molar-refractivity contribution in [1.82, 2.24) is 29.4 Å². The minimum absolute atomic E-state index is 0.0333. The van der Waals surface area contributed by atoms with Gasteiger partial charge in [0.1, 0.15) is 0 Å². The first-order chi connectivity index (χ1) is 26.7. The van der Waals surface area contributed by atoms with Gasteiger partial charge in [-0.2, -0.15) is 5.10 Å². The molecule has 11 heteroatoms. The van der Waals surface area contributed by atoms with E-state index in [1.807, 2.05) is 39.6 Å². The number of carbonyl (C=O) groups is 3. The molecular weight excluding hydrogens is 693 g/mol. The number of benzene rings is 2. The Morgan fingerprint density at radius 1 is 0.891 bits per heavy atom. The number of Topliss-reactive ketones (excluding diaryl/α,β-unsaturated/α-hetero) is 1. The van der Waals surface area contributed by atoms with E-state index in [9.17, 15) is 14.4 Å². The number of likely N-dealkylation sites (tertiary alicyclic amines) is 2. The number of aromatic nitrogens is 2. The summed E-state index contributed by atoms with van der Waals surface area (Å²) < 4.78 is 13.0. The molecule has 0 bridgehead atoms. The molecule has 0 saturated carbocycles. The molecule has 1 aromatic heterocycles. The van der Waals surface area contributed by atoms with Crippen LogP contribution in [0.5, 0.6) is 0 Å². The first kappa shape index (κ1) is 39.3. The molecule has 3 fully saturated rings. The fourth-order valence-electron chi connectivity index (χ4n) is 9.13. The lowest BCUT2D eigenvalue weighted by Gasteiger charge is -2.43. The van der Waals surface area contributed by atoms with E-state index < -0.39 is 5.92 Å². The Morgan fingerprint density at radius 2 is 1.64 bits per heavy atom. The molecule has 11 nitrogen and oxygen atoms in total. The Morgan fingerprint density at radius 3 is 2.40 bits per heavy atom. The summed E-state index contributed by atoms with van der Waals surface area (Å²) in [5.41, 5.74) is 6.18. The second-order valence-electron chi connectivity index (χ2n) is 16.1. The molecule has 4 heterocycles. The van der Waals surface area contributed by atoms with Gasteiger partial charge >= 0.3 is 0 Å². The average Bonchev–Trinajstić information content (AvgIpc) is 3.62. The Bertz CT molecular complexity index is 1830. The third-order valence-electron chi connectivity index (χ3n) is 12.4. The third kappa shape index (κ3) is 9.74. The third-order valence-corrected chi connectivity index (χ3v) is 12.4. The van der Waals surface area contributed by atoms with E-state index in [0.717, 1.165) is 77.8 Å². The number of carbonyl (C=O) groups excluding carboxylic acids is 3. The summed E-state index contributed by atoms with van der Waals surface area (Å²) in [6, 6.07) is 13.0. The van der Waals surface area contributed by atoms with E-state index in [0.29, 0.717) is 78.0 Å². The Kier molecular flexibility index (Phi) is 13.1. The molecule has 1 aliphatic carbocycles. The van der Waals surface area contributed by atoms with Crippen molar-refractivity contribution in [2.45, 2.75) is 71.4 Å². The number of amides is 2. The minimum atomic E-state index is -0.454. The summed E-state index contributed by atoms with van der Waals surface area (Å²) in [5, 5.41) is 5.86. The van der Waals surface area contributed by atoms with E-state index in [-0.39, 0.29) is 29.9 Å². The van der Waals surface area contributed by atoms with Gasteiger partial charge in [0.2, 0.25) is 11.8 Å². The van der Waals surface area contributed by atoms with Gasteiger partial charge in [0, 0.05) is 76.3 Å². The SMILES string of the molecule is CCOCCOCCn1cc2cc(C[C@@H](CC(=O)N3CCC(C4=Cc5ccccc5CC4=O)CC3)C(=O)N3CCN(C4CCN(C)CC4)CC3)cc(C)c2n1. The molecule has 7 rings (SSSR count). The predicted molar refractivity (Wildman–Crippen MR) is 215 cm³/mol. The highest BCUT2D eigenvalue weighted by Crippen LogP contribution is 2.33. The number of aryl methyl sites for hydroxylation is 1. The molecule has 0 unspecified atom stereocenters. The van der Waals surface area contributed by atoms with Crippen molar-refractivity contribution in [3.8, 4) is 0 Å². The smallest absolute Gasteiger partial charge is 0.226 e. The maximum atomic E-state index is 14.5. The molecule has 0 radical (unpaired) electrons. The zero-order valence-corrected chi connectivity index (χ0v) is 33.2. The van der Waals surface area contributed by atoms with Gasteiger partial charge in [-0.25, -0.2) is 0 Å². The van der Waals surface area contributed by atoms with E-state index >= 15 is 0 Å². The van der Waals surface area contributed by atoms with Crippen LogP contribution in [0.2, 0.25) is 0 Å². The topological polar surface area (TPSA) is 100 Å². The summed E-state index contributed by atoms with van der Waals surface area (Å²) in [6.45, 7) is 13.7. The van der Waals surface area contributed by atoms with Crippen LogP contribution in [-0.2, 0) is 43.2 Å². The van der Waals surface area contributed by atoms with Gasteiger partial charge < -0.3 is 24.2 Å². The number of rotatable bonds is 14. The average molecular weight is 753 g/mol. The Hall–Kier alpha value is -3.90. The van der Waals surface area contributed by atoms with Crippen molar-refractivity contribution >= 4 is 34.6 Å².